The molecule has 2 aliphatic carbocycles. The second kappa shape index (κ2) is 9.69. The van der Waals surface area contributed by atoms with Crippen molar-refractivity contribution >= 4 is 23.3 Å². The summed E-state index contributed by atoms with van der Waals surface area (Å²) in [6, 6.07) is 0. The molecule has 2 heterocycles. The van der Waals surface area contributed by atoms with Crippen LogP contribution in [0.4, 0.5) is 0 Å². The molecule has 0 radical (unpaired) electrons. The van der Waals surface area contributed by atoms with E-state index in [2.05, 4.69) is 6.92 Å². The number of esters is 1. The first-order chi connectivity index (χ1) is 16.6. The van der Waals surface area contributed by atoms with Crippen molar-refractivity contribution < 1.29 is 33.8 Å². The fraction of sp³-hybridized carbons (Fsp3) is 0.571. The number of carbonyl (C=O) groups excluding carboxylic acids is 4. The van der Waals surface area contributed by atoms with Crippen LogP contribution in [0, 0.1) is 17.8 Å². The van der Waals surface area contributed by atoms with Crippen LogP contribution in [-0.4, -0.2) is 40.1 Å². The first kappa shape index (κ1) is 25.3. The van der Waals surface area contributed by atoms with E-state index in [1.807, 2.05) is 6.92 Å². The van der Waals surface area contributed by atoms with E-state index in [9.17, 15) is 24.3 Å². The zero-order chi connectivity index (χ0) is 25.5. The van der Waals surface area contributed by atoms with Gasteiger partial charge in [0.15, 0.2) is 23.0 Å². The summed E-state index contributed by atoms with van der Waals surface area (Å²) < 4.78 is 11.4. The van der Waals surface area contributed by atoms with Gasteiger partial charge in [-0.15, -0.1) is 0 Å². The molecule has 7 nitrogen and oxygen atoms in total. The second-order valence-electron chi connectivity index (χ2n) is 10.4. The number of rotatable bonds is 8. The highest BCUT2D eigenvalue weighted by molar-refractivity contribution is 6.10. The highest BCUT2D eigenvalue weighted by atomic mass is 16.6. The van der Waals surface area contributed by atoms with Gasteiger partial charge >= 0.3 is 5.97 Å². The second-order valence-corrected chi connectivity index (χ2v) is 10.4. The van der Waals surface area contributed by atoms with Gasteiger partial charge in [0.25, 0.3) is 0 Å². The van der Waals surface area contributed by atoms with Gasteiger partial charge in [-0.25, -0.2) is 0 Å². The zero-order valence-corrected chi connectivity index (χ0v) is 20.9. The lowest BCUT2D eigenvalue weighted by Gasteiger charge is -2.36. The Morgan fingerprint density at radius 3 is 2.60 bits per heavy atom. The predicted octanol–water partition coefficient (Wildman–Crippen LogP) is 4.06. The number of fused-ring (bicyclic) bond motifs is 3. The molecule has 5 unspecified atom stereocenters. The molecule has 0 aromatic heterocycles. The minimum Gasteiger partial charge on any atom is -0.464 e. The summed E-state index contributed by atoms with van der Waals surface area (Å²) >= 11 is 0. The number of aliphatic hydroxyl groups excluding tert-OH is 1. The third-order valence-corrected chi connectivity index (χ3v) is 7.73. The third kappa shape index (κ3) is 4.46. The van der Waals surface area contributed by atoms with Crippen molar-refractivity contribution in [3.63, 3.8) is 0 Å². The SMILES string of the molecule is CCCCCCC(C)C(=O)C1C(=O)OC2(C)C(=O)C=C3C=C(C4=C(C)CC(O)CC4=O)OC=C3C12. The quantitative estimate of drug-likeness (QED) is 0.316. The summed E-state index contributed by atoms with van der Waals surface area (Å²) in [5, 5.41) is 9.89. The molecule has 7 heteroatoms. The average Bonchev–Trinajstić information content (AvgIpc) is 3.07. The summed E-state index contributed by atoms with van der Waals surface area (Å²) in [7, 11) is 0. The molecule has 1 fully saturated rings. The van der Waals surface area contributed by atoms with Gasteiger partial charge < -0.3 is 14.6 Å². The predicted molar refractivity (Wildman–Crippen MR) is 128 cm³/mol. The van der Waals surface area contributed by atoms with E-state index in [1.54, 1.807) is 19.9 Å². The molecule has 4 aliphatic rings. The standard InChI is InChI=1S/C28H34O7/c1-5-6-7-8-9-15(2)26(32)24-25-19-14-34-21(23-16(3)10-18(29)13-20(23)30)11-17(19)12-22(31)28(25,4)35-27(24)33/h11-12,14-15,18,24-25,29H,5-10,13H2,1-4H3. The fourth-order valence-corrected chi connectivity index (χ4v) is 5.75. The van der Waals surface area contributed by atoms with Gasteiger partial charge in [-0.1, -0.05) is 45.1 Å². The van der Waals surface area contributed by atoms with Crippen LogP contribution in [-0.2, 0) is 28.7 Å². The summed E-state index contributed by atoms with van der Waals surface area (Å²) in [5.74, 6) is -3.37. The lowest BCUT2D eigenvalue weighted by molar-refractivity contribution is -0.156. The van der Waals surface area contributed by atoms with Crippen LogP contribution >= 0.6 is 0 Å². The number of ether oxygens (including phenoxy) is 2. The number of ketones is 3. The van der Waals surface area contributed by atoms with Gasteiger partial charge in [0.1, 0.15) is 11.7 Å². The van der Waals surface area contributed by atoms with E-state index in [4.69, 9.17) is 9.47 Å². The average molecular weight is 483 g/mol. The Balaban J connectivity index is 1.63. The van der Waals surface area contributed by atoms with Crippen molar-refractivity contribution in [2.24, 2.45) is 17.8 Å². The molecule has 0 bridgehead atoms. The zero-order valence-electron chi connectivity index (χ0n) is 20.9. The van der Waals surface area contributed by atoms with Crippen LogP contribution < -0.4 is 0 Å². The van der Waals surface area contributed by atoms with E-state index >= 15 is 0 Å². The number of hydrogen-bond donors (Lipinski definition) is 1. The smallest absolute Gasteiger partial charge is 0.318 e. The molecule has 0 amide bonds. The Morgan fingerprint density at radius 2 is 1.91 bits per heavy atom. The highest BCUT2D eigenvalue weighted by Gasteiger charge is 2.62. The molecular formula is C28H34O7. The lowest BCUT2D eigenvalue weighted by Crippen LogP contribution is -2.47. The first-order valence-corrected chi connectivity index (χ1v) is 12.6. The van der Waals surface area contributed by atoms with Gasteiger partial charge in [-0.3, -0.25) is 19.2 Å². The Morgan fingerprint density at radius 1 is 1.17 bits per heavy atom. The number of aliphatic hydroxyl groups is 1. The molecule has 0 spiro atoms. The van der Waals surface area contributed by atoms with Gasteiger partial charge in [0.05, 0.1) is 23.9 Å². The Bertz CT molecular complexity index is 1090. The summed E-state index contributed by atoms with van der Waals surface area (Å²) in [6.07, 6.45) is 8.97. The molecule has 0 aromatic rings. The van der Waals surface area contributed by atoms with Crippen LogP contribution in [0.15, 0.2) is 46.5 Å². The van der Waals surface area contributed by atoms with Crippen LogP contribution in [0.1, 0.15) is 72.6 Å². The van der Waals surface area contributed by atoms with E-state index in [1.165, 1.54) is 12.3 Å². The monoisotopic (exact) mass is 482 g/mol. The molecule has 1 N–H and O–H groups in total. The van der Waals surface area contributed by atoms with Crippen molar-refractivity contribution in [1.29, 1.82) is 0 Å². The molecule has 4 rings (SSSR count). The molecule has 35 heavy (non-hydrogen) atoms. The maximum Gasteiger partial charge on any atom is 0.318 e. The van der Waals surface area contributed by atoms with Crippen LogP contribution in [0.3, 0.4) is 0 Å². The molecular weight excluding hydrogens is 448 g/mol. The van der Waals surface area contributed by atoms with Crippen molar-refractivity contribution in [3.05, 3.63) is 46.5 Å². The number of allylic oxidation sites excluding steroid dienone is 3. The van der Waals surface area contributed by atoms with Crippen molar-refractivity contribution in [3.8, 4) is 0 Å². The van der Waals surface area contributed by atoms with E-state index < -0.39 is 29.5 Å². The molecule has 0 saturated carbocycles. The van der Waals surface area contributed by atoms with E-state index in [0.29, 0.717) is 40.9 Å². The van der Waals surface area contributed by atoms with Gasteiger partial charge in [-0.2, -0.15) is 0 Å². The van der Waals surface area contributed by atoms with E-state index in [-0.39, 0.29) is 29.7 Å². The molecule has 5 atom stereocenters. The largest absolute Gasteiger partial charge is 0.464 e. The number of carbonyl (C=O) groups is 4. The molecule has 188 valence electrons. The number of unbranched alkanes of at least 4 members (excludes halogenated alkanes) is 3. The lowest BCUT2D eigenvalue weighted by atomic mass is 9.66. The van der Waals surface area contributed by atoms with Crippen molar-refractivity contribution in [1.82, 2.24) is 0 Å². The van der Waals surface area contributed by atoms with E-state index in [0.717, 1.165) is 25.7 Å². The van der Waals surface area contributed by atoms with Crippen LogP contribution in [0.5, 0.6) is 0 Å². The fourth-order valence-electron chi connectivity index (χ4n) is 5.75. The van der Waals surface area contributed by atoms with Crippen molar-refractivity contribution in [2.45, 2.75) is 84.3 Å². The third-order valence-electron chi connectivity index (χ3n) is 7.73. The Hall–Kier alpha value is -2.80. The summed E-state index contributed by atoms with van der Waals surface area (Å²) in [4.78, 5) is 52.1. The minimum absolute atomic E-state index is 0.0116. The number of hydrogen-bond acceptors (Lipinski definition) is 7. The number of Topliss-reactive ketones (excluding diaryl/α,β-unsaturated/α-hetero) is 2. The Kier molecular flexibility index (Phi) is 7.00. The maximum absolute atomic E-state index is 13.4. The molecule has 2 aliphatic heterocycles. The Labute approximate surface area is 205 Å². The normalized spacial score (nSPS) is 31.1. The first-order valence-electron chi connectivity index (χ1n) is 12.6. The topological polar surface area (TPSA) is 107 Å². The van der Waals surface area contributed by atoms with Gasteiger partial charge in [-0.05, 0) is 44.4 Å². The van der Waals surface area contributed by atoms with Crippen molar-refractivity contribution in [2.75, 3.05) is 0 Å². The van der Waals surface area contributed by atoms with Gasteiger partial charge in [0.2, 0.25) is 0 Å². The van der Waals surface area contributed by atoms with Gasteiger partial charge in [0, 0.05) is 17.9 Å². The highest BCUT2D eigenvalue weighted by Crippen LogP contribution is 2.51. The minimum atomic E-state index is -1.47. The molecule has 1 saturated heterocycles. The summed E-state index contributed by atoms with van der Waals surface area (Å²) in [5.41, 5.74) is 0.723. The maximum atomic E-state index is 13.4. The van der Waals surface area contributed by atoms with Crippen LogP contribution in [0.25, 0.3) is 0 Å². The summed E-state index contributed by atoms with van der Waals surface area (Å²) in [6.45, 7) is 7.29. The van der Waals surface area contributed by atoms with Crippen LogP contribution in [0.2, 0.25) is 0 Å². The molecule has 0 aromatic carbocycles.